The van der Waals surface area contributed by atoms with Crippen molar-refractivity contribution in [1.29, 1.82) is 5.26 Å². The zero-order chi connectivity index (χ0) is 18.9. The molecular weight excluding hydrogens is 420 g/mol. The molecule has 0 fully saturated rings. The first-order valence-corrected chi connectivity index (χ1v) is 9.89. The standard InChI is InChI=1S/C17H19BrN4O3S/c1-2-25-9-3-8-22-16(24)13-10-12(18)4-5-14(13)21-17(22)26-11-15(23)20-7-6-19/h4-5,10H,2-3,7-9,11H2,1H3,(H,20,23). The lowest BCUT2D eigenvalue weighted by Gasteiger charge is -2.13. The summed E-state index contributed by atoms with van der Waals surface area (Å²) in [5.74, 6) is -0.190. The van der Waals surface area contributed by atoms with Crippen molar-refractivity contribution in [2.45, 2.75) is 25.0 Å². The van der Waals surface area contributed by atoms with Crippen molar-refractivity contribution in [3.63, 3.8) is 0 Å². The zero-order valence-corrected chi connectivity index (χ0v) is 16.7. The third kappa shape index (κ3) is 5.56. The van der Waals surface area contributed by atoms with Gasteiger partial charge in [0.05, 0.1) is 22.7 Å². The number of hydrogen-bond donors (Lipinski definition) is 1. The highest BCUT2D eigenvalue weighted by atomic mass is 79.9. The van der Waals surface area contributed by atoms with E-state index in [1.807, 2.05) is 19.1 Å². The van der Waals surface area contributed by atoms with Crippen molar-refractivity contribution in [2.75, 3.05) is 25.5 Å². The first-order valence-electron chi connectivity index (χ1n) is 8.11. The molecule has 0 saturated heterocycles. The molecule has 1 heterocycles. The molecule has 0 aliphatic heterocycles. The number of nitriles is 1. The van der Waals surface area contributed by atoms with Gasteiger partial charge in [-0.15, -0.1) is 0 Å². The van der Waals surface area contributed by atoms with E-state index < -0.39 is 0 Å². The number of halogens is 1. The maximum absolute atomic E-state index is 12.9. The Morgan fingerprint density at radius 2 is 2.31 bits per heavy atom. The van der Waals surface area contributed by atoms with Gasteiger partial charge in [0.2, 0.25) is 5.91 Å². The maximum Gasteiger partial charge on any atom is 0.262 e. The van der Waals surface area contributed by atoms with Crippen molar-refractivity contribution in [2.24, 2.45) is 0 Å². The summed E-state index contributed by atoms with van der Waals surface area (Å²) in [5, 5.41) is 12.0. The van der Waals surface area contributed by atoms with E-state index in [0.29, 0.717) is 42.2 Å². The second kappa shape index (κ2) is 10.3. The van der Waals surface area contributed by atoms with Crippen LogP contribution in [0, 0.1) is 11.3 Å². The average molecular weight is 439 g/mol. The molecule has 1 N–H and O–H groups in total. The quantitative estimate of drug-likeness (QED) is 0.279. The van der Waals surface area contributed by atoms with Gasteiger partial charge in [0.15, 0.2) is 5.16 Å². The van der Waals surface area contributed by atoms with Crippen molar-refractivity contribution >= 4 is 44.5 Å². The van der Waals surface area contributed by atoms with Crippen LogP contribution < -0.4 is 10.9 Å². The van der Waals surface area contributed by atoms with Crippen LogP contribution in [0.15, 0.2) is 32.6 Å². The monoisotopic (exact) mass is 438 g/mol. The van der Waals surface area contributed by atoms with Gasteiger partial charge in [-0.05, 0) is 31.5 Å². The SMILES string of the molecule is CCOCCCn1c(SCC(=O)NCC#N)nc2ccc(Br)cc2c1=O. The number of nitrogens with zero attached hydrogens (tertiary/aromatic N) is 3. The molecule has 1 aromatic carbocycles. The molecule has 0 atom stereocenters. The van der Waals surface area contributed by atoms with Gasteiger partial charge < -0.3 is 10.1 Å². The number of ether oxygens (including phenoxy) is 1. The predicted octanol–water partition coefficient (Wildman–Crippen LogP) is 2.32. The number of aromatic nitrogens is 2. The van der Waals surface area contributed by atoms with E-state index in [1.165, 1.54) is 11.8 Å². The molecule has 0 aliphatic rings. The molecule has 9 heteroatoms. The van der Waals surface area contributed by atoms with Gasteiger partial charge in [0, 0.05) is 24.2 Å². The minimum Gasteiger partial charge on any atom is -0.382 e. The summed E-state index contributed by atoms with van der Waals surface area (Å²) in [4.78, 5) is 29.2. The average Bonchev–Trinajstić information content (AvgIpc) is 2.64. The minimum absolute atomic E-state index is 0.0419. The van der Waals surface area contributed by atoms with E-state index in [2.05, 4.69) is 26.2 Å². The molecule has 1 aromatic heterocycles. The van der Waals surface area contributed by atoms with Gasteiger partial charge in [0.25, 0.3) is 5.56 Å². The largest absolute Gasteiger partial charge is 0.382 e. The highest BCUT2D eigenvalue weighted by Crippen LogP contribution is 2.20. The van der Waals surface area contributed by atoms with Crippen molar-refractivity contribution in [3.8, 4) is 6.07 Å². The lowest BCUT2D eigenvalue weighted by Crippen LogP contribution is -2.27. The third-order valence-electron chi connectivity index (χ3n) is 3.45. The summed E-state index contributed by atoms with van der Waals surface area (Å²) in [6, 6.07) is 7.19. The van der Waals surface area contributed by atoms with E-state index in [1.54, 1.807) is 16.7 Å². The Balaban J connectivity index is 2.29. The number of thioether (sulfide) groups is 1. The fourth-order valence-electron chi connectivity index (χ4n) is 2.27. The highest BCUT2D eigenvalue weighted by molar-refractivity contribution is 9.10. The Hall–Kier alpha value is -1.89. The number of amides is 1. The summed E-state index contributed by atoms with van der Waals surface area (Å²) < 4.78 is 7.73. The molecule has 2 rings (SSSR count). The molecule has 0 aliphatic carbocycles. The predicted molar refractivity (Wildman–Crippen MR) is 104 cm³/mol. The number of carbonyl (C=O) groups excluding carboxylic acids is 1. The Bertz CT molecular complexity index is 879. The third-order valence-corrected chi connectivity index (χ3v) is 4.92. The van der Waals surface area contributed by atoms with Crippen LogP contribution in [0.5, 0.6) is 0 Å². The molecule has 1 amide bonds. The highest BCUT2D eigenvalue weighted by Gasteiger charge is 2.13. The molecule has 7 nitrogen and oxygen atoms in total. The summed E-state index contributed by atoms with van der Waals surface area (Å²) in [7, 11) is 0. The molecule has 138 valence electrons. The van der Waals surface area contributed by atoms with E-state index in [0.717, 1.165) is 4.47 Å². The lowest BCUT2D eigenvalue weighted by atomic mass is 10.2. The van der Waals surface area contributed by atoms with E-state index in [9.17, 15) is 9.59 Å². The Morgan fingerprint density at radius 1 is 1.50 bits per heavy atom. The fraction of sp³-hybridized carbons (Fsp3) is 0.412. The smallest absolute Gasteiger partial charge is 0.262 e. The summed E-state index contributed by atoms with van der Waals surface area (Å²) >= 11 is 4.56. The van der Waals surface area contributed by atoms with Crippen LogP contribution in [0.2, 0.25) is 0 Å². The van der Waals surface area contributed by atoms with Crippen LogP contribution in [0.1, 0.15) is 13.3 Å². The summed E-state index contributed by atoms with van der Waals surface area (Å²) in [6.07, 6.45) is 0.670. The van der Waals surface area contributed by atoms with Gasteiger partial charge >= 0.3 is 0 Å². The van der Waals surface area contributed by atoms with Crippen molar-refractivity contribution in [1.82, 2.24) is 14.9 Å². The first kappa shape index (κ1) is 20.4. The van der Waals surface area contributed by atoms with Crippen LogP contribution >= 0.6 is 27.7 Å². The second-order valence-electron chi connectivity index (χ2n) is 5.29. The number of hydrogen-bond acceptors (Lipinski definition) is 6. The summed E-state index contributed by atoms with van der Waals surface area (Å²) in [5.41, 5.74) is 0.437. The van der Waals surface area contributed by atoms with Crippen LogP contribution in [-0.4, -0.2) is 41.0 Å². The van der Waals surface area contributed by atoms with Crippen molar-refractivity contribution in [3.05, 3.63) is 33.0 Å². The van der Waals surface area contributed by atoms with Gasteiger partial charge in [-0.1, -0.05) is 27.7 Å². The van der Waals surface area contributed by atoms with Gasteiger partial charge in [-0.2, -0.15) is 5.26 Å². The van der Waals surface area contributed by atoms with Gasteiger partial charge in [-0.3, -0.25) is 14.2 Å². The lowest BCUT2D eigenvalue weighted by molar-refractivity contribution is -0.118. The number of nitrogens with one attached hydrogen (secondary N) is 1. The molecule has 2 aromatic rings. The molecule has 26 heavy (non-hydrogen) atoms. The van der Waals surface area contributed by atoms with E-state index in [4.69, 9.17) is 10.00 Å². The maximum atomic E-state index is 12.9. The molecule has 0 bridgehead atoms. The second-order valence-corrected chi connectivity index (χ2v) is 7.14. The first-order chi connectivity index (χ1) is 12.6. The molecule has 0 unspecified atom stereocenters. The van der Waals surface area contributed by atoms with E-state index >= 15 is 0 Å². The topological polar surface area (TPSA) is 97.0 Å². The molecular formula is C17H19BrN4O3S. The number of rotatable bonds is 9. The van der Waals surface area contributed by atoms with Gasteiger partial charge in [-0.25, -0.2) is 4.98 Å². The van der Waals surface area contributed by atoms with Crippen molar-refractivity contribution < 1.29 is 9.53 Å². The number of benzene rings is 1. The van der Waals surface area contributed by atoms with Crippen LogP contribution in [0.25, 0.3) is 10.9 Å². The fourth-order valence-corrected chi connectivity index (χ4v) is 3.48. The molecule has 0 saturated carbocycles. The molecule has 0 radical (unpaired) electrons. The summed E-state index contributed by atoms with van der Waals surface area (Å²) in [6.45, 7) is 3.50. The van der Waals surface area contributed by atoms with Crippen LogP contribution in [0.3, 0.4) is 0 Å². The Kier molecular flexibility index (Phi) is 8.09. The molecule has 0 spiro atoms. The zero-order valence-electron chi connectivity index (χ0n) is 14.3. The van der Waals surface area contributed by atoms with E-state index in [-0.39, 0.29) is 23.8 Å². The Morgan fingerprint density at radius 3 is 3.04 bits per heavy atom. The number of carbonyl (C=O) groups is 1. The Labute approximate surface area is 163 Å². The van der Waals surface area contributed by atoms with Crippen LogP contribution in [-0.2, 0) is 16.1 Å². The van der Waals surface area contributed by atoms with Gasteiger partial charge in [0.1, 0.15) is 6.54 Å². The van der Waals surface area contributed by atoms with Crippen LogP contribution in [0.4, 0.5) is 0 Å². The minimum atomic E-state index is -0.275. The number of fused-ring (bicyclic) bond motifs is 1. The normalized spacial score (nSPS) is 10.7.